The molecule has 1 fully saturated rings. The minimum absolute atomic E-state index is 0.0355. The summed E-state index contributed by atoms with van der Waals surface area (Å²) in [4.78, 5) is 18.9. The highest BCUT2D eigenvalue weighted by atomic mass is 16.3. The number of piperidine rings is 1. The van der Waals surface area contributed by atoms with E-state index in [1.165, 1.54) is 18.1 Å². The van der Waals surface area contributed by atoms with Gasteiger partial charge in [0.25, 0.3) is 0 Å². The summed E-state index contributed by atoms with van der Waals surface area (Å²) in [5, 5.41) is 22.1. The fraction of sp³-hybridized carbons (Fsp3) is 0.500. The van der Waals surface area contributed by atoms with Gasteiger partial charge in [-0.15, -0.1) is 0 Å². The molecule has 2 heterocycles. The van der Waals surface area contributed by atoms with Crippen molar-refractivity contribution in [2.45, 2.75) is 90.6 Å². The third kappa shape index (κ3) is 6.89. The molecule has 7 N–H and O–H groups in total. The number of carbonyl (C=O) groups excluding carboxylic acids is 1. The average molecular weight is 561 g/mol. The topological polar surface area (TPSA) is 145 Å². The molecule has 0 radical (unpaired) electrons. The molecule has 4 atom stereocenters. The first-order valence-electron chi connectivity index (χ1n) is 14.7. The van der Waals surface area contributed by atoms with Crippen LogP contribution in [0.3, 0.4) is 0 Å². The van der Waals surface area contributed by atoms with Crippen molar-refractivity contribution in [3.63, 3.8) is 0 Å². The van der Waals surface area contributed by atoms with E-state index in [1.54, 1.807) is 0 Å². The quantitative estimate of drug-likeness (QED) is 0.145. The smallest absolute Gasteiger partial charge is 0.346 e. The van der Waals surface area contributed by atoms with E-state index in [2.05, 4.69) is 47.3 Å². The lowest BCUT2D eigenvalue weighted by atomic mass is 9.72. The first kappa shape index (κ1) is 30.1. The van der Waals surface area contributed by atoms with Gasteiger partial charge in [-0.25, -0.2) is 4.79 Å². The van der Waals surface area contributed by atoms with Crippen molar-refractivity contribution in [1.82, 2.24) is 10.2 Å². The second-order valence-corrected chi connectivity index (χ2v) is 12.5. The van der Waals surface area contributed by atoms with Gasteiger partial charge in [0.05, 0.1) is 24.8 Å². The van der Waals surface area contributed by atoms with E-state index in [4.69, 9.17) is 16.9 Å². The zero-order valence-corrected chi connectivity index (χ0v) is 25.0. The lowest BCUT2D eigenvalue weighted by Gasteiger charge is -2.35. The largest absolute Gasteiger partial charge is 0.512 e. The van der Waals surface area contributed by atoms with Crippen molar-refractivity contribution >= 4 is 23.6 Å². The van der Waals surface area contributed by atoms with E-state index < -0.39 is 11.4 Å². The predicted molar refractivity (Wildman–Crippen MR) is 164 cm³/mol. The number of benzene rings is 1. The number of amidine groups is 1. The molecule has 2 aromatic rings. The highest BCUT2D eigenvalue weighted by molar-refractivity contribution is 5.99. The number of carbonyl (C=O) groups is 1. The van der Waals surface area contributed by atoms with Gasteiger partial charge in [0.2, 0.25) is 0 Å². The molecule has 41 heavy (non-hydrogen) atoms. The number of pyridine rings is 1. The van der Waals surface area contributed by atoms with E-state index in [0.717, 1.165) is 43.4 Å². The molecule has 1 unspecified atom stereocenters. The number of urea groups is 1. The van der Waals surface area contributed by atoms with Crippen LogP contribution in [0.25, 0.3) is 0 Å². The van der Waals surface area contributed by atoms with Crippen molar-refractivity contribution in [2.24, 2.45) is 16.1 Å². The van der Waals surface area contributed by atoms with Gasteiger partial charge < -0.3 is 21.9 Å². The molecule has 1 aliphatic carbocycles. The lowest BCUT2D eigenvalue weighted by molar-refractivity contribution is -0.552. The molecule has 1 aromatic heterocycles. The van der Waals surface area contributed by atoms with Crippen molar-refractivity contribution in [1.29, 1.82) is 5.41 Å². The minimum atomic E-state index is -0.531. The number of aliphatic hydroxyl groups is 1. The van der Waals surface area contributed by atoms with Crippen LogP contribution < -0.4 is 21.4 Å². The third-order valence-corrected chi connectivity index (χ3v) is 8.55. The van der Waals surface area contributed by atoms with Gasteiger partial charge in [0.15, 0.2) is 5.82 Å². The number of nitrogen functional groups attached to an aromatic ring is 1. The molecule has 1 saturated heterocycles. The summed E-state index contributed by atoms with van der Waals surface area (Å²) in [6.45, 7) is 10.8. The Kier molecular flexibility index (Phi) is 9.05. The maximum atomic E-state index is 12.8. The number of nitrogens with one attached hydrogen (secondary N) is 2. The Balaban J connectivity index is 1.54. The van der Waals surface area contributed by atoms with Gasteiger partial charge in [-0.1, -0.05) is 58.0 Å². The summed E-state index contributed by atoms with van der Waals surface area (Å²) >= 11 is 0. The Morgan fingerprint density at radius 1 is 1.17 bits per heavy atom. The Hall–Kier alpha value is -3.88. The number of hydrogen-bond donors (Lipinski definition) is 5. The second-order valence-electron chi connectivity index (χ2n) is 12.5. The van der Waals surface area contributed by atoms with Crippen LogP contribution in [-0.2, 0) is 0 Å². The van der Waals surface area contributed by atoms with Gasteiger partial charge in [0.1, 0.15) is 11.6 Å². The van der Waals surface area contributed by atoms with E-state index in [-0.39, 0.29) is 29.5 Å². The number of anilines is 1. The molecular weight excluding hydrogens is 514 g/mol. The molecule has 9 heteroatoms. The Morgan fingerprint density at radius 2 is 1.88 bits per heavy atom. The minimum Gasteiger partial charge on any atom is -0.512 e. The number of likely N-dealkylation sites (tertiary alicyclic amines) is 1. The Morgan fingerprint density at radius 3 is 2.56 bits per heavy atom. The standard InChI is InChI=1S/C32H45N7O2/c1-20-10-8-9-17-38(20)30(35)39-19-22(13-16-29(39)34)21(2)23-14-15-26(25-12-7-6-11-24(23)25)36-31(41)37-28(33)18-27(40)32(3,4)5/h6-7,11-13,16,18-21,23,26,34-35H,8-10,14-15,17H2,1-5H3,(H4,33,36,37,40,41)/p+1/t20-,21-,23?,26-/m0/s1. The molecular formula is C32H46N7O2+. The number of fused-ring (bicyclic) bond motifs is 1. The summed E-state index contributed by atoms with van der Waals surface area (Å²) in [5.74, 6) is 1.43. The fourth-order valence-electron chi connectivity index (χ4n) is 5.94. The van der Waals surface area contributed by atoms with Gasteiger partial charge in [-0.3, -0.25) is 4.90 Å². The maximum absolute atomic E-state index is 12.8. The van der Waals surface area contributed by atoms with E-state index in [1.807, 2.05) is 49.7 Å². The average Bonchev–Trinajstić information content (AvgIpc) is 2.92. The van der Waals surface area contributed by atoms with Gasteiger partial charge in [0, 0.05) is 17.6 Å². The SMILES string of the molecule is C[C@@H](c1ccc(N)[n+](C(=N)N2CCCC[C@@H]2C)c1)C1CC[C@H](NC(=O)N=C(N)/C=C(\O)C(C)(C)C)c2ccccc21. The monoisotopic (exact) mass is 560 g/mol. The molecule has 1 aromatic carbocycles. The Bertz CT molecular complexity index is 1340. The zero-order chi connectivity index (χ0) is 29.9. The van der Waals surface area contributed by atoms with Crippen LogP contribution in [0.15, 0.2) is 59.4 Å². The molecule has 2 amide bonds. The van der Waals surface area contributed by atoms with Crippen molar-refractivity contribution in [3.05, 3.63) is 71.1 Å². The molecule has 1 aliphatic heterocycles. The van der Waals surface area contributed by atoms with Crippen LogP contribution in [0.2, 0.25) is 0 Å². The number of amides is 2. The van der Waals surface area contributed by atoms with Crippen LogP contribution >= 0.6 is 0 Å². The van der Waals surface area contributed by atoms with Crippen LogP contribution in [0, 0.1) is 10.8 Å². The van der Waals surface area contributed by atoms with Crippen molar-refractivity contribution in [2.75, 3.05) is 12.3 Å². The third-order valence-electron chi connectivity index (χ3n) is 8.55. The van der Waals surface area contributed by atoms with E-state index in [0.29, 0.717) is 17.8 Å². The number of aliphatic imine (C=N–C) groups is 1. The molecule has 220 valence electrons. The first-order valence-corrected chi connectivity index (χ1v) is 14.7. The fourth-order valence-corrected chi connectivity index (χ4v) is 5.94. The molecule has 0 saturated carbocycles. The van der Waals surface area contributed by atoms with E-state index in [9.17, 15) is 9.90 Å². The number of nitrogens with two attached hydrogens (primary N) is 2. The maximum Gasteiger partial charge on any atom is 0.346 e. The van der Waals surface area contributed by atoms with Crippen LogP contribution in [0.4, 0.5) is 10.6 Å². The first-order chi connectivity index (χ1) is 19.4. The molecule has 9 nitrogen and oxygen atoms in total. The summed E-state index contributed by atoms with van der Waals surface area (Å²) in [5.41, 5.74) is 15.2. The zero-order valence-electron chi connectivity index (χ0n) is 25.0. The van der Waals surface area contributed by atoms with Crippen LogP contribution in [0.1, 0.15) is 101 Å². The van der Waals surface area contributed by atoms with Crippen LogP contribution in [0.5, 0.6) is 0 Å². The summed E-state index contributed by atoms with van der Waals surface area (Å²) in [7, 11) is 0. The molecule has 4 rings (SSSR count). The van der Waals surface area contributed by atoms with E-state index >= 15 is 0 Å². The highest BCUT2D eigenvalue weighted by Gasteiger charge is 2.33. The van der Waals surface area contributed by atoms with Crippen LogP contribution in [-0.4, -0.2) is 40.4 Å². The Labute approximate surface area is 243 Å². The predicted octanol–water partition coefficient (Wildman–Crippen LogP) is 5.49. The van der Waals surface area contributed by atoms with Gasteiger partial charge in [-0.2, -0.15) is 15.0 Å². The number of allylic oxidation sites excluding steroid dienone is 1. The van der Waals surface area contributed by atoms with Crippen molar-refractivity contribution < 1.29 is 14.5 Å². The number of aliphatic hydroxyl groups excluding tert-OH is 1. The molecule has 2 aliphatic rings. The van der Waals surface area contributed by atoms with Crippen molar-refractivity contribution in [3.8, 4) is 0 Å². The van der Waals surface area contributed by atoms with Gasteiger partial charge >= 0.3 is 12.0 Å². The summed E-state index contributed by atoms with van der Waals surface area (Å²) in [6.07, 6.45) is 8.36. The summed E-state index contributed by atoms with van der Waals surface area (Å²) < 4.78 is 1.82. The number of nitrogens with zero attached hydrogens (tertiary/aromatic N) is 3. The van der Waals surface area contributed by atoms with Gasteiger partial charge in [-0.05, 0) is 67.6 Å². The highest BCUT2D eigenvalue weighted by Crippen LogP contribution is 2.44. The lowest BCUT2D eigenvalue weighted by Crippen LogP contribution is -2.58. The normalized spacial score (nSPS) is 22.6. The summed E-state index contributed by atoms with van der Waals surface area (Å²) in [6, 6.07) is 11.8. The number of hydrogen-bond acceptors (Lipinski definition) is 4. The molecule has 0 spiro atoms. The number of rotatable bonds is 4. The second kappa shape index (κ2) is 12.3. The number of aromatic nitrogens is 1. The molecule has 0 bridgehead atoms.